The number of anilines is 1. The Morgan fingerprint density at radius 1 is 1.04 bits per heavy atom. The van der Waals surface area contributed by atoms with Gasteiger partial charge in [0.05, 0.1) is 13.2 Å². The second-order valence-corrected chi connectivity index (χ2v) is 6.10. The molecule has 25 heavy (non-hydrogen) atoms. The highest BCUT2D eigenvalue weighted by molar-refractivity contribution is 5.80. The molecular formula is C19H32N4O2. The number of rotatable bonds is 9. The largest absolute Gasteiger partial charge is 0.382 e. The first kappa shape index (κ1) is 19.5. The third kappa shape index (κ3) is 6.92. The molecule has 1 aromatic carbocycles. The van der Waals surface area contributed by atoms with Gasteiger partial charge in [-0.05, 0) is 25.0 Å². The van der Waals surface area contributed by atoms with Crippen LogP contribution in [-0.4, -0.2) is 77.6 Å². The summed E-state index contributed by atoms with van der Waals surface area (Å²) in [6, 6.07) is 10.6. The molecule has 1 aromatic rings. The Morgan fingerprint density at radius 3 is 2.48 bits per heavy atom. The predicted octanol–water partition coefficient (Wildman–Crippen LogP) is 1.83. The van der Waals surface area contributed by atoms with Gasteiger partial charge in [-0.2, -0.15) is 0 Å². The van der Waals surface area contributed by atoms with E-state index in [1.807, 2.05) is 7.05 Å². The predicted molar refractivity (Wildman–Crippen MR) is 104 cm³/mol. The number of ether oxygens (including phenoxy) is 2. The van der Waals surface area contributed by atoms with Crippen molar-refractivity contribution in [2.24, 2.45) is 4.99 Å². The highest BCUT2D eigenvalue weighted by Gasteiger charge is 2.19. The highest BCUT2D eigenvalue weighted by Crippen LogP contribution is 2.15. The van der Waals surface area contributed by atoms with Crippen LogP contribution in [0.1, 0.15) is 12.8 Å². The Morgan fingerprint density at radius 2 is 1.80 bits per heavy atom. The third-order valence-electron chi connectivity index (χ3n) is 4.34. The quantitative estimate of drug-likeness (QED) is 0.419. The van der Waals surface area contributed by atoms with Gasteiger partial charge in [-0.15, -0.1) is 0 Å². The number of para-hydroxylation sites is 1. The molecule has 0 aliphatic carbocycles. The molecule has 140 valence electrons. The van der Waals surface area contributed by atoms with Crippen LogP contribution in [0.5, 0.6) is 0 Å². The molecule has 6 nitrogen and oxygen atoms in total. The van der Waals surface area contributed by atoms with Crippen molar-refractivity contribution >= 4 is 11.6 Å². The SMILES string of the molecule is CN=C(NCCCCOCCOC)N1CCN(c2ccccc2)CC1. The van der Waals surface area contributed by atoms with Crippen LogP contribution in [0.4, 0.5) is 5.69 Å². The Balaban J connectivity index is 1.62. The van der Waals surface area contributed by atoms with Gasteiger partial charge in [-0.1, -0.05) is 18.2 Å². The van der Waals surface area contributed by atoms with Gasteiger partial charge in [0.1, 0.15) is 0 Å². The molecule has 0 saturated carbocycles. The second-order valence-electron chi connectivity index (χ2n) is 6.10. The Hall–Kier alpha value is -1.79. The molecule has 0 unspecified atom stereocenters. The lowest BCUT2D eigenvalue weighted by atomic mass is 10.2. The first-order valence-electron chi connectivity index (χ1n) is 9.17. The molecule has 2 rings (SSSR count). The van der Waals surface area contributed by atoms with Gasteiger partial charge in [0.15, 0.2) is 5.96 Å². The number of hydrogen-bond donors (Lipinski definition) is 1. The number of nitrogens with one attached hydrogen (secondary N) is 1. The number of piperazine rings is 1. The van der Waals surface area contributed by atoms with Crippen molar-refractivity contribution in [1.29, 1.82) is 0 Å². The second kappa shape index (κ2) is 11.7. The van der Waals surface area contributed by atoms with Crippen molar-refractivity contribution in [1.82, 2.24) is 10.2 Å². The summed E-state index contributed by atoms with van der Waals surface area (Å²) in [5, 5.41) is 3.47. The molecule has 1 heterocycles. The van der Waals surface area contributed by atoms with Gasteiger partial charge in [-0.3, -0.25) is 4.99 Å². The summed E-state index contributed by atoms with van der Waals surface area (Å²) in [5.74, 6) is 1.01. The Labute approximate surface area is 151 Å². The average Bonchev–Trinajstić information content (AvgIpc) is 2.68. The molecule has 1 fully saturated rings. The zero-order chi connectivity index (χ0) is 17.7. The number of hydrogen-bond acceptors (Lipinski definition) is 4. The summed E-state index contributed by atoms with van der Waals surface area (Å²) in [5.41, 5.74) is 1.30. The Bertz CT molecular complexity index is 487. The van der Waals surface area contributed by atoms with Crippen LogP contribution >= 0.6 is 0 Å². The average molecular weight is 348 g/mol. The molecule has 0 aromatic heterocycles. The zero-order valence-electron chi connectivity index (χ0n) is 15.6. The van der Waals surface area contributed by atoms with Crippen molar-refractivity contribution in [3.63, 3.8) is 0 Å². The summed E-state index contributed by atoms with van der Waals surface area (Å²) < 4.78 is 10.4. The summed E-state index contributed by atoms with van der Waals surface area (Å²) >= 11 is 0. The van der Waals surface area contributed by atoms with Crippen LogP contribution in [0.15, 0.2) is 35.3 Å². The van der Waals surface area contributed by atoms with Gasteiger partial charge in [0, 0.05) is 59.2 Å². The van der Waals surface area contributed by atoms with E-state index in [1.54, 1.807) is 7.11 Å². The normalized spacial score (nSPS) is 15.5. The molecular weight excluding hydrogens is 316 g/mol. The maximum absolute atomic E-state index is 5.48. The van der Waals surface area contributed by atoms with Crippen LogP contribution in [0, 0.1) is 0 Å². The highest BCUT2D eigenvalue weighted by atomic mass is 16.5. The lowest BCUT2D eigenvalue weighted by molar-refractivity contribution is 0.0689. The lowest BCUT2D eigenvalue weighted by Gasteiger charge is -2.37. The molecule has 6 heteroatoms. The van der Waals surface area contributed by atoms with Crippen LogP contribution < -0.4 is 10.2 Å². The minimum atomic E-state index is 0.667. The molecule has 0 amide bonds. The van der Waals surface area contributed by atoms with E-state index >= 15 is 0 Å². The lowest BCUT2D eigenvalue weighted by Crippen LogP contribution is -2.52. The Kier molecular flexibility index (Phi) is 9.15. The van der Waals surface area contributed by atoms with Crippen molar-refractivity contribution in [2.45, 2.75) is 12.8 Å². The molecule has 0 radical (unpaired) electrons. The van der Waals surface area contributed by atoms with Crippen LogP contribution in [-0.2, 0) is 9.47 Å². The first-order valence-corrected chi connectivity index (χ1v) is 9.17. The van der Waals surface area contributed by atoms with Crippen molar-refractivity contribution in [3.8, 4) is 0 Å². The number of guanidine groups is 1. The first-order chi connectivity index (χ1) is 12.3. The number of benzene rings is 1. The summed E-state index contributed by atoms with van der Waals surface area (Å²) in [7, 11) is 3.55. The van der Waals surface area contributed by atoms with E-state index < -0.39 is 0 Å². The van der Waals surface area contributed by atoms with Gasteiger partial charge in [0.25, 0.3) is 0 Å². The number of unbranched alkanes of at least 4 members (excludes halogenated alkanes) is 1. The topological polar surface area (TPSA) is 49.3 Å². The van der Waals surface area contributed by atoms with Crippen molar-refractivity contribution in [2.75, 3.05) is 71.6 Å². The summed E-state index contributed by atoms with van der Waals surface area (Å²) in [6.45, 7) is 7.11. The molecule has 1 N–H and O–H groups in total. The van der Waals surface area contributed by atoms with E-state index in [0.29, 0.717) is 13.2 Å². The van der Waals surface area contributed by atoms with Gasteiger partial charge in [-0.25, -0.2) is 0 Å². The van der Waals surface area contributed by atoms with Crippen LogP contribution in [0.2, 0.25) is 0 Å². The van der Waals surface area contributed by atoms with E-state index in [2.05, 4.69) is 50.4 Å². The number of methoxy groups -OCH3 is 1. The molecule has 1 aliphatic heterocycles. The smallest absolute Gasteiger partial charge is 0.193 e. The van der Waals surface area contributed by atoms with Gasteiger partial charge < -0.3 is 24.6 Å². The summed E-state index contributed by atoms with van der Waals surface area (Å²) in [6.07, 6.45) is 2.13. The number of nitrogens with zero attached hydrogens (tertiary/aromatic N) is 3. The van der Waals surface area contributed by atoms with Gasteiger partial charge >= 0.3 is 0 Å². The van der Waals surface area contributed by atoms with E-state index in [4.69, 9.17) is 9.47 Å². The zero-order valence-corrected chi connectivity index (χ0v) is 15.6. The summed E-state index contributed by atoms with van der Waals surface area (Å²) in [4.78, 5) is 9.21. The fraction of sp³-hybridized carbons (Fsp3) is 0.632. The molecule has 1 saturated heterocycles. The van der Waals surface area contributed by atoms with Crippen LogP contribution in [0.25, 0.3) is 0 Å². The van der Waals surface area contributed by atoms with E-state index in [0.717, 1.165) is 58.1 Å². The standard InChI is InChI=1S/C19H32N4O2/c1-20-19(21-10-6-7-15-25-17-16-24-2)23-13-11-22(12-14-23)18-8-4-3-5-9-18/h3-5,8-9H,6-7,10-17H2,1-2H3,(H,20,21). The van der Waals surface area contributed by atoms with Crippen molar-refractivity contribution < 1.29 is 9.47 Å². The third-order valence-corrected chi connectivity index (χ3v) is 4.34. The van der Waals surface area contributed by atoms with Gasteiger partial charge in [0.2, 0.25) is 0 Å². The van der Waals surface area contributed by atoms with E-state index in [1.165, 1.54) is 5.69 Å². The molecule has 1 aliphatic rings. The maximum atomic E-state index is 5.48. The minimum Gasteiger partial charge on any atom is -0.382 e. The number of aliphatic imine (C=N–C) groups is 1. The van der Waals surface area contributed by atoms with E-state index in [9.17, 15) is 0 Å². The molecule has 0 atom stereocenters. The molecule has 0 spiro atoms. The maximum Gasteiger partial charge on any atom is 0.193 e. The fourth-order valence-electron chi connectivity index (χ4n) is 2.92. The van der Waals surface area contributed by atoms with Crippen molar-refractivity contribution in [3.05, 3.63) is 30.3 Å². The van der Waals surface area contributed by atoms with Crippen LogP contribution in [0.3, 0.4) is 0 Å². The van der Waals surface area contributed by atoms with E-state index in [-0.39, 0.29) is 0 Å². The monoisotopic (exact) mass is 348 g/mol. The fourth-order valence-corrected chi connectivity index (χ4v) is 2.92. The minimum absolute atomic E-state index is 0.667. The molecule has 0 bridgehead atoms.